The Balaban J connectivity index is 2.54. The van der Waals surface area contributed by atoms with Gasteiger partial charge in [0.05, 0.1) is 5.57 Å². The molecule has 1 heterocycles. The van der Waals surface area contributed by atoms with Crippen molar-refractivity contribution in [2.45, 2.75) is 6.42 Å². The van der Waals surface area contributed by atoms with Crippen molar-refractivity contribution < 1.29 is 23.9 Å². The zero-order valence-corrected chi connectivity index (χ0v) is 9.07. The summed E-state index contributed by atoms with van der Waals surface area (Å²) in [6.07, 6.45) is 3.98. The number of nitrogens with one attached hydrogen (secondary N) is 1. The first-order valence-corrected chi connectivity index (χ1v) is 5.04. The molecule has 0 aromatic heterocycles. The van der Waals surface area contributed by atoms with E-state index in [1.54, 1.807) is 0 Å². The molecular formula is C12H8FNO4. The molecule has 92 valence electrons. The Hall–Kier alpha value is -2.50. The molecule has 2 bridgehead atoms. The van der Waals surface area contributed by atoms with Crippen LogP contribution in [0, 0.1) is 0 Å². The van der Waals surface area contributed by atoms with Crippen molar-refractivity contribution in [3.05, 3.63) is 46.6 Å². The molecule has 6 heteroatoms. The normalized spacial score (nSPS) is 17.9. The maximum atomic E-state index is 13.7. The van der Waals surface area contributed by atoms with Gasteiger partial charge in [0.25, 0.3) is 5.78 Å². The minimum atomic E-state index is -1.65. The zero-order valence-electron chi connectivity index (χ0n) is 9.07. The highest BCUT2D eigenvalue weighted by Gasteiger charge is 2.28. The third-order valence-electron chi connectivity index (χ3n) is 2.68. The lowest BCUT2D eigenvalue weighted by Gasteiger charge is -2.18. The van der Waals surface area contributed by atoms with Crippen molar-refractivity contribution >= 4 is 18.0 Å². The van der Waals surface area contributed by atoms with Crippen molar-refractivity contribution in [1.82, 2.24) is 5.32 Å². The van der Waals surface area contributed by atoms with Gasteiger partial charge in [0, 0.05) is 29.5 Å². The Morgan fingerprint density at radius 1 is 1.39 bits per heavy atom. The largest absolute Gasteiger partial charge is 0.475 e. The van der Waals surface area contributed by atoms with Gasteiger partial charge in [-0.15, -0.1) is 0 Å². The lowest BCUT2D eigenvalue weighted by molar-refractivity contribution is -0.147. The topological polar surface area (TPSA) is 83.5 Å². The second-order valence-electron chi connectivity index (χ2n) is 3.72. The van der Waals surface area contributed by atoms with Crippen LogP contribution < -0.4 is 5.32 Å². The summed E-state index contributed by atoms with van der Waals surface area (Å²) in [5.74, 6) is -3.55. The molecule has 0 saturated carbocycles. The second-order valence-corrected chi connectivity index (χ2v) is 3.72. The summed E-state index contributed by atoms with van der Waals surface area (Å²) in [5.41, 5.74) is 0.439. The first-order valence-electron chi connectivity index (χ1n) is 5.04. The first-order chi connectivity index (χ1) is 8.54. The number of halogens is 1. The van der Waals surface area contributed by atoms with E-state index in [0.717, 1.165) is 12.3 Å². The van der Waals surface area contributed by atoms with Gasteiger partial charge in [-0.25, -0.2) is 9.18 Å². The Morgan fingerprint density at radius 2 is 2.11 bits per heavy atom. The van der Waals surface area contributed by atoms with E-state index in [9.17, 15) is 18.8 Å². The van der Waals surface area contributed by atoms with Gasteiger partial charge in [-0.1, -0.05) is 0 Å². The number of carboxylic acids is 1. The molecule has 0 fully saturated rings. The Bertz CT molecular complexity index is 581. The van der Waals surface area contributed by atoms with E-state index in [-0.39, 0.29) is 23.1 Å². The highest BCUT2D eigenvalue weighted by atomic mass is 19.1. The average molecular weight is 249 g/mol. The second kappa shape index (κ2) is 4.40. The van der Waals surface area contributed by atoms with E-state index < -0.39 is 17.6 Å². The van der Waals surface area contributed by atoms with Crippen LogP contribution in [0.1, 0.15) is 6.42 Å². The van der Waals surface area contributed by atoms with Gasteiger partial charge in [-0.2, -0.15) is 0 Å². The Morgan fingerprint density at radius 3 is 2.72 bits per heavy atom. The van der Waals surface area contributed by atoms with Crippen molar-refractivity contribution in [2.75, 3.05) is 0 Å². The minimum Gasteiger partial charge on any atom is -0.475 e. The molecular weight excluding hydrogens is 241 g/mol. The van der Waals surface area contributed by atoms with Gasteiger partial charge in [0.15, 0.2) is 6.29 Å². The Kier molecular flexibility index (Phi) is 2.93. The molecule has 0 radical (unpaired) electrons. The third kappa shape index (κ3) is 1.88. The molecule has 1 aliphatic heterocycles. The van der Waals surface area contributed by atoms with Crippen molar-refractivity contribution in [1.29, 1.82) is 0 Å². The summed E-state index contributed by atoms with van der Waals surface area (Å²) in [7, 11) is 0. The van der Waals surface area contributed by atoms with Crippen LogP contribution in [-0.4, -0.2) is 23.1 Å². The molecule has 5 nitrogen and oxygen atoms in total. The summed E-state index contributed by atoms with van der Waals surface area (Å²) in [4.78, 5) is 32.8. The predicted octanol–water partition coefficient (Wildman–Crippen LogP) is 0.764. The van der Waals surface area contributed by atoms with E-state index >= 15 is 0 Å². The fourth-order valence-electron chi connectivity index (χ4n) is 1.76. The molecule has 2 N–H and O–H groups in total. The molecule has 0 aromatic rings. The summed E-state index contributed by atoms with van der Waals surface area (Å²) < 4.78 is 13.7. The van der Waals surface area contributed by atoms with Crippen LogP contribution >= 0.6 is 0 Å². The molecule has 0 aromatic carbocycles. The number of carboxylic acid groups (broad SMARTS) is 1. The van der Waals surface area contributed by atoms with E-state index in [4.69, 9.17) is 5.11 Å². The highest BCUT2D eigenvalue weighted by Crippen LogP contribution is 2.31. The SMILES string of the molecule is O=CC1=C2CC(=C(F)C=C1)C(C(=O)C(=O)O)=CN2. The summed E-state index contributed by atoms with van der Waals surface area (Å²) >= 11 is 0. The summed E-state index contributed by atoms with van der Waals surface area (Å²) in [6, 6.07) is 0. The number of fused-ring (bicyclic) bond motifs is 2. The number of hydrogen-bond acceptors (Lipinski definition) is 4. The fraction of sp³-hybridized carbons (Fsp3) is 0.0833. The molecule has 0 atom stereocenters. The molecule has 0 saturated heterocycles. The van der Waals surface area contributed by atoms with Gasteiger partial charge >= 0.3 is 5.97 Å². The van der Waals surface area contributed by atoms with E-state index in [0.29, 0.717) is 12.0 Å². The molecule has 0 amide bonds. The average Bonchev–Trinajstić information content (AvgIpc) is 2.48. The quantitative estimate of drug-likeness (QED) is 0.570. The molecule has 0 spiro atoms. The lowest BCUT2D eigenvalue weighted by atomic mass is 9.94. The van der Waals surface area contributed by atoms with E-state index in [1.165, 1.54) is 6.08 Å². The number of ketones is 1. The number of hydrogen-bond donors (Lipinski definition) is 2. The third-order valence-corrected chi connectivity index (χ3v) is 2.68. The monoisotopic (exact) mass is 249 g/mol. The predicted molar refractivity (Wildman–Crippen MR) is 58.8 cm³/mol. The van der Waals surface area contributed by atoms with Crippen LogP contribution in [0.5, 0.6) is 0 Å². The van der Waals surface area contributed by atoms with E-state index in [1.807, 2.05) is 0 Å². The fourth-order valence-corrected chi connectivity index (χ4v) is 1.76. The molecule has 18 heavy (non-hydrogen) atoms. The van der Waals surface area contributed by atoms with Gasteiger partial charge in [-0.3, -0.25) is 9.59 Å². The Labute approximate surface area is 101 Å². The van der Waals surface area contributed by atoms with Crippen LogP contribution in [0.25, 0.3) is 0 Å². The molecule has 2 aliphatic rings. The molecule has 1 aliphatic carbocycles. The maximum absolute atomic E-state index is 13.7. The molecule has 0 unspecified atom stereocenters. The van der Waals surface area contributed by atoms with Gasteiger partial charge in [0.1, 0.15) is 5.83 Å². The minimum absolute atomic E-state index is 0.0161. The van der Waals surface area contributed by atoms with Gasteiger partial charge in [-0.05, 0) is 12.2 Å². The standard InChI is InChI=1S/C12H8FNO4/c13-9-2-1-6(5-15)10-3-7(9)8(4-14-10)11(16)12(17)18/h1-2,4-5,14H,3H2,(H,17,18). The van der Waals surface area contributed by atoms with Crippen LogP contribution in [0.15, 0.2) is 46.6 Å². The number of carbonyl (C=O) groups is 3. The van der Waals surface area contributed by atoms with Crippen molar-refractivity contribution in [3.63, 3.8) is 0 Å². The van der Waals surface area contributed by atoms with Crippen molar-refractivity contribution in [3.8, 4) is 0 Å². The first kappa shape index (κ1) is 12.0. The number of Topliss-reactive ketones (excluding diaryl/α,β-unsaturated/α-hetero) is 1. The number of aldehydes is 1. The van der Waals surface area contributed by atoms with Crippen LogP contribution in [-0.2, 0) is 14.4 Å². The van der Waals surface area contributed by atoms with Gasteiger partial charge in [0.2, 0.25) is 0 Å². The number of aliphatic carboxylic acids is 1. The maximum Gasteiger partial charge on any atom is 0.377 e. The van der Waals surface area contributed by atoms with Crippen LogP contribution in [0.3, 0.4) is 0 Å². The van der Waals surface area contributed by atoms with Crippen LogP contribution in [0.4, 0.5) is 4.39 Å². The number of carbonyl (C=O) groups excluding carboxylic acids is 2. The molecule has 2 rings (SSSR count). The number of allylic oxidation sites excluding steroid dienone is 5. The summed E-state index contributed by atoms with van der Waals surface area (Å²) in [6.45, 7) is 0. The lowest BCUT2D eigenvalue weighted by Crippen LogP contribution is -2.24. The highest BCUT2D eigenvalue weighted by molar-refractivity contribution is 6.41. The zero-order chi connectivity index (χ0) is 13.3. The summed E-state index contributed by atoms with van der Waals surface area (Å²) in [5, 5.41) is 11.3. The number of rotatable bonds is 3. The van der Waals surface area contributed by atoms with Crippen LogP contribution in [0.2, 0.25) is 0 Å². The smallest absolute Gasteiger partial charge is 0.377 e. The van der Waals surface area contributed by atoms with Gasteiger partial charge < -0.3 is 10.4 Å². The van der Waals surface area contributed by atoms with E-state index in [2.05, 4.69) is 5.32 Å². The van der Waals surface area contributed by atoms with Crippen molar-refractivity contribution in [2.24, 2.45) is 0 Å².